The predicted octanol–water partition coefficient (Wildman–Crippen LogP) is 2.73. The van der Waals surface area contributed by atoms with Crippen molar-refractivity contribution < 1.29 is 14.6 Å². The molecular formula is C18H27NO3. The van der Waals surface area contributed by atoms with Crippen molar-refractivity contribution in [2.75, 3.05) is 20.2 Å². The van der Waals surface area contributed by atoms with Crippen LogP contribution in [0.2, 0.25) is 0 Å². The van der Waals surface area contributed by atoms with Crippen molar-refractivity contribution in [1.82, 2.24) is 4.90 Å². The number of benzene rings is 1. The zero-order valence-corrected chi connectivity index (χ0v) is 14.0. The summed E-state index contributed by atoms with van der Waals surface area (Å²) in [5, 5.41) is 9.91. The van der Waals surface area contributed by atoms with Crippen molar-refractivity contribution in [3.05, 3.63) is 29.3 Å². The van der Waals surface area contributed by atoms with E-state index in [1.54, 1.807) is 11.9 Å². The van der Waals surface area contributed by atoms with E-state index in [-0.39, 0.29) is 12.5 Å². The maximum Gasteiger partial charge on any atom is 0.260 e. The molecule has 1 N–H and O–H groups in total. The molecular weight excluding hydrogens is 278 g/mol. The van der Waals surface area contributed by atoms with Gasteiger partial charge in [0.1, 0.15) is 5.75 Å². The molecule has 0 heterocycles. The van der Waals surface area contributed by atoms with E-state index in [1.807, 2.05) is 13.0 Å². The number of likely N-dealkylation sites (N-methyl/N-ethyl adjacent to an activating group) is 1. The Bertz CT molecular complexity index is 523. The smallest absolute Gasteiger partial charge is 0.260 e. The minimum Gasteiger partial charge on any atom is -0.483 e. The number of carbonyl (C=O) groups excluding carboxylic acids is 1. The van der Waals surface area contributed by atoms with Gasteiger partial charge in [0.15, 0.2) is 6.61 Å². The van der Waals surface area contributed by atoms with E-state index < -0.39 is 6.10 Å². The monoisotopic (exact) mass is 305 g/mol. The molecule has 4 heteroatoms. The van der Waals surface area contributed by atoms with Gasteiger partial charge < -0.3 is 14.7 Å². The summed E-state index contributed by atoms with van der Waals surface area (Å²) in [7, 11) is 1.72. The Morgan fingerprint density at radius 1 is 1.41 bits per heavy atom. The molecule has 1 amide bonds. The second-order valence-corrected chi connectivity index (χ2v) is 6.66. The second kappa shape index (κ2) is 7.14. The van der Waals surface area contributed by atoms with Gasteiger partial charge in [0.25, 0.3) is 5.91 Å². The van der Waals surface area contributed by atoms with Crippen LogP contribution in [0.15, 0.2) is 18.2 Å². The highest BCUT2D eigenvalue weighted by atomic mass is 16.5. The molecule has 1 saturated carbocycles. The molecule has 1 unspecified atom stereocenters. The number of amides is 1. The van der Waals surface area contributed by atoms with E-state index in [0.29, 0.717) is 18.4 Å². The Morgan fingerprint density at radius 2 is 2.09 bits per heavy atom. The summed E-state index contributed by atoms with van der Waals surface area (Å²) in [5.41, 5.74) is 2.23. The second-order valence-electron chi connectivity index (χ2n) is 6.66. The molecule has 0 spiro atoms. The SMILES string of the molecule is Cc1ccc(C(C)C)c(OCC(=O)N(C)CC(O)C2CC2)c1. The number of aliphatic hydroxyl groups excluding tert-OH is 1. The van der Waals surface area contributed by atoms with Gasteiger partial charge in [-0.3, -0.25) is 4.79 Å². The molecule has 1 fully saturated rings. The van der Waals surface area contributed by atoms with E-state index in [4.69, 9.17) is 4.74 Å². The van der Waals surface area contributed by atoms with Crippen molar-refractivity contribution in [2.45, 2.75) is 45.6 Å². The summed E-state index contributed by atoms with van der Waals surface area (Å²) in [6.07, 6.45) is 1.74. The van der Waals surface area contributed by atoms with Crippen LogP contribution in [0.5, 0.6) is 5.75 Å². The lowest BCUT2D eigenvalue weighted by Crippen LogP contribution is -2.38. The molecule has 2 rings (SSSR count). The van der Waals surface area contributed by atoms with Gasteiger partial charge in [-0.1, -0.05) is 26.0 Å². The summed E-state index contributed by atoms with van der Waals surface area (Å²) in [5.74, 6) is 1.40. The Kier molecular flexibility index (Phi) is 5.46. The van der Waals surface area contributed by atoms with Crippen LogP contribution in [0.4, 0.5) is 0 Å². The molecule has 1 aliphatic carbocycles. The average molecular weight is 305 g/mol. The van der Waals surface area contributed by atoms with Crippen LogP contribution in [0, 0.1) is 12.8 Å². The van der Waals surface area contributed by atoms with Crippen LogP contribution in [0.1, 0.15) is 43.7 Å². The summed E-state index contributed by atoms with van der Waals surface area (Å²) >= 11 is 0. The summed E-state index contributed by atoms with van der Waals surface area (Å²) in [4.78, 5) is 13.7. The Hall–Kier alpha value is -1.55. The first-order chi connectivity index (χ1) is 10.4. The molecule has 4 nitrogen and oxygen atoms in total. The van der Waals surface area contributed by atoms with E-state index >= 15 is 0 Å². The summed E-state index contributed by atoms with van der Waals surface area (Å²) < 4.78 is 5.75. The standard InChI is InChI=1S/C18H27NO3/c1-12(2)15-8-5-13(3)9-17(15)22-11-18(21)19(4)10-16(20)14-6-7-14/h5,8-9,12,14,16,20H,6-7,10-11H2,1-4H3. The highest BCUT2D eigenvalue weighted by Gasteiger charge is 2.31. The van der Waals surface area contributed by atoms with Gasteiger partial charge in [0, 0.05) is 13.6 Å². The molecule has 0 bridgehead atoms. The molecule has 122 valence electrons. The first kappa shape index (κ1) is 16.8. The van der Waals surface area contributed by atoms with Crippen molar-refractivity contribution >= 4 is 5.91 Å². The Morgan fingerprint density at radius 3 is 2.68 bits per heavy atom. The van der Waals surface area contributed by atoms with E-state index in [1.165, 1.54) is 0 Å². The maximum absolute atomic E-state index is 12.2. The number of ether oxygens (including phenoxy) is 1. The zero-order chi connectivity index (χ0) is 16.3. The van der Waals surface area contributed by atoms with Gasteiger partial charge >= 0.3 is 0 Å². The largest absolute Gasteiger partial charge is 0.483 e. The van der Waals surface area contributed by atoms with Crippen molar-refractivity contribution in [3.8, 4) is 5.75 Å². The van der Waals surface area contributed by atoms with E-state index in [2.05, 4.69) is 26.0 Å². The van der Waals surface area contributed by atoms with Crippen molar-refractivity contribution in [3.63, 3.8) is 0 Å². The van der Waals surface area contributed by atoms with Crippen LogP contribution in [0.3, 0.4) is 0 Å². The first-order valence-electron chi connectivity index (χ1n) is 8.04. The van der Waals surface area contributed by atoms with Crippen molar-refractivity contribution in [1.29, 1.82) is 0 Å². The lowest BCUT2D eigenvalue weighted by atomic mass is 10.0. The minimum absolute atomic E-state index is 0.0110. The fourth-order valence-electron chi connectivity index (χ4n) is 2.51. The fourth-order valence-corrected chi connectivity index (χ4v) is 2.51. The number of nitrogens with zero attached hydrogens (tertiary/aromatic N) is 1. The molecule has 1 aromatic carbocycles. The highest BCUT2D eigenvalue weighted by Crippen LogP contribution is 2.32. The van der Waals surface area contributed by atoms with Crippen LogP contribution in [0.25, 0.3) is 0 Å². The van der Waals surface area contributed by atoms with Gasteiger partial charge in [0.05, 0.1) is 6.10 Å². The lowest BCUT2D eigenvalue weighted by molar-refractivity contribution is -0.133. The molecule has 1 atom stereocenters. The van der Waals surface area contributed by atoms with Gasteiger partial charge in [-0.2, -0.15) is 0 Å². The predicted molar refractivity (Wildman–Crippen MR) is 87.1 cm³/mol. The minimum atomic E-state index is -0.404. The third-order valence-electron chi connectivity index (χ3n) is 4.20. The number of hydrogen-bond acceptors (Lipinski definition) is 3. The number of aryl methyl sites for hydroxylation is 1. The summed E-state index contributed by atoms with van der Waals surface area (Å²) in [6.45, 7) is 6.63. The average Bonchev–Trinajstić information content (AvgIpc) is 3.28. The summed E-state index contributed by atoms with van der Waals surface area (Å²) in [6, 6.07) is 6.09. The van der Waals surface area contributed by atoms with Gasteiger partial charge in [-0.05, 0) is 48.8 Å². The Balaban J connectivity index is 1.91. The molecule has 0 radical (unpaired) electrons. The van der Waals surface area contributed by atoms with Crippen LogP contribution in [-0.2, 0) is 4.79 Å². The lowest BCUT2D eigenvalue weighted by Gasteiger charge is -2.21. The zero-order valence-electron chi connectivity index (χ0n) is 14.0. The molecule has 0 saturated heterocycles. The third-order valence-corrected chi connectivity index (χ3v) is 4.20. The molecule has 0 aromatic heterocycles. The molecule has 1 aromatic rings. The Labute approximate surface area is 133 Å². The molecule has 1 aliphatic rings. The topological polar surface area (TPSA) is 49.8 Å². The quantitative estimate of drug-likeness (QED) is 0.842. The number of hydrogen-bond donors (Lipinski definition) is 1. The van der Waals surface area contributed by atoms with Crippen LogP contribution >= 0.6 is 0 Å². The van der Waals surface area contributed by atoms with Gasteiger partial charge in [0.2, 0.25) is 0 Å². The number of carbonyl (C=O) groups is 1. The van der Waals surface area contributed by atoms with E-state index in [0.717, 1.165) is 29.7 Å². The normalized spacial score (nSPS) is 15.7. The maximum atomic E-state index is 12.2. The molecule has 0 aliphatic heterocycles. The van der Waals surface area contributed by atoms with Crippen LogP contribution < -0.4 is 4.74 Å². The number of rotatable bonds is 7. The molecule has 22 heavy (non-hydrogen) atoms. The third kappa shape index (κ3) is 4.47. The first-order valence-corrected chi connectivity index (χ1v) is 8.04. The number of aliphatic hydroxyl groups is 1. The fraction of sp³-hybridized carbons (Fsp3) is 0.611. The van der Waals surface area contributed by atoms with E-state index in [9.17, 15) is 9.90 Å². The van der Waals surface area contributed by atoms with Crippen molar-refractivity contribution in [2.24, 2.45) is 5.92 Å². The highest BCUT2D eigenvalue weighted by molar-refractivity contribution is 5.77. The van der Waals surface area contributed by atoms with Crippen LogP contribution in [-0.4, -0.2) is 42.2 Å². The van der Waals surface area contributed by atoms with Gasteiger partial charge in [-0.25, -0.2) is 0 Å². The van der Waals surface area contributed by atoms with Gasteiger partial charge in [-0.15, -0.1) is 0 Å².